The number of hydrogen-bond donors (Lipinski definition) is 0. The average molecular weight is 355 g/mol. The van der Waals surface area contributed by atoms with Crippen molar-refractivity contribution in [2.75, 3.05) is 6.61 Å². The molecule has 0 saturated heterocycles. The van der Waals surface area contributed by atoms with Crippen molar-refractivity contribution in [3.63, 3.8) is 0 Å². The van der Waals surface area contributed by atoms with Gasteiger partial charge in [-0.3, -0.25) is 0 Å². The topological polar surface area (TPSA) is 35.0 Å². The number of rotatable bonds is 12. The first kappa shape index (κ1) is 20.4. The van der Waals surface area contributed by atoms with Gasteiger partial charge in [0.1, 0.15) is 0 Å². The summed E-state index contributed by atoms with van der Waals surface area (Å²) in [5, 5.41) is 0. The Bertz CT molecular complexity index is 607. The van der Waals surface area contributed by atoms with E-state index >= 15 is 0 Å². The number of ether oxygens (including phenoxy) is 1. The molecule has 3 heteroatoms. The number of hydrogen-bond acceptors (Lipinski definition) is 3. The molecule has 2 rings (SSSR count). The third-order valence-electron chi connectivity index (χ3n) is 4.89. The highest BCUT2D eigenvalue weighted by molar-refractivity contribution is 5.55. The molecule has 0 fully saturated rings. The van der Waals surface area contributed by atoms with E-state index in [0.717, 1.165) is 42.5 Å². The van der Waals surface area contributed by atoms with Gasteiger partial charge in [-0.05, 0) is 24.3 Å². The van der Waals surface area contributed by atoms with Crippen LogP contribution < -0.4 is 4.74 Å². The fourth-order valence-electron chi connectivity index (χ4n) is 2.95. The first-order valence-electron chi connectivity index (χ1n) is 10.3. The van der Waals surface area contributed by atoms with Gasteiger partial charge in [0.05, 0.1) is 19.0 Å². The van der Waals surface area contributed by atoms with E-state index in [1.807, 2.05) is 0 Å². The molecule has 1 aromatic heterocycles. The minimum Gasteiger partial charge on any atom is -0.490 e. The molecule has 0 bridgehead atoms. The predicted octanol–water partition coefficient (Wildman–Crippen LogP) is 6.47. The van der Waals surface area contributed by atoms with Crippen LogP contribution in [0.25, 0.3) is 11.4 Å². The molecule has 1 heterocycles. The Morgan fingerprint density at radius 2 is 1.54 bits per heavy atom. The summed E-state index contributed by atoms with van der Waals surface area (Å²) in [4.78, 5) is 8.92. The fraction of sp³-hybridized carbons (Fsp3) is 0.565. The first-order chi connectivity index (χ1) is 12.7. The molecule has 142 valence electrons. The third kappa shape index (κ3) is 7.15. The van der Waals surface area contributed by atoms with Crippen LogP contribution in [0.2, 0.25) is 0 Å². The summed E-state index contributed by atoms with van der Waals surface area (Å²) in [7, 11) is 0. The predicted molar refractivity (Wildman–Crippen MR) is 109 cm³/mol. The van der Waals surface area contributed by atoms with Crippen LogP contribution in [0.15, 0.2) is 36.7 Å². The van der Waals surface area contributed by atoms with Crippen molar-refractivity contribution in [1.29, 1.82) is 0 Å². The normalized spacial score (nSPS) is 12.1. The van der Waals surface area contributed by atoms with E-state index in [-0.39, 0.29) is 0 Å². The summed E-state index contributed by atoms with van der Waals surface area (Å²) in [6, 6.07) is 8.61. The van der Waals surface area contributed by atoms with Gasteiger partial charge in [0, 0.05) is 5.56 Å². The van der Waals surface area contributed by atoms with E-state index in [0.29, 0.717) is 0 Å². The lowest BCUT2D eigenvalue weighted by Gasteiger charge is -2.09. The molecule has 0 aliphatic carbocycles. The molecule has 0 radical (unpaired) electrons. The third-order valence-corrected chi connectivity index (χ3v) is 4.89. The number of benzene rings is 1. The van der Waals surface area contributed by atoms with E-state index in [4.69, 9.17) is 4.74 Å². The number of nitrogens with zero attached hydrogens (tertiary/aromatic N) is 2. The summed E-state index contributed by atoms with van der Waals surface area (Å²) in [6.07, 6.45) is 13.5. The minimum absolute atomic E-state index is 0.722. The number of unbranched alkanes of at least 4 members (excludes halogenated alkanes) is 5. The van der Waals surface area contributed by atoms with Gasteiger partial charge in [0.15, 0.2) is 11.6 Å². The highest BCUT2D eigenvalue weighted by atomic mass is 16.5. The SMILES string of the molecule is CCCCCCCCOc1cnc(-c2ccc(CC(C)CC)cc2)nc1. The number of aromatic nitrogens is 2. The molecule has 0 N–H and O–H groups in total. The Kier molecular flexibility index (Phi) is 9.16. The van der Waals surface area contributed by atoms with Gasteiger partial charge >= 0.3 is 0 Å². The van der Waals surface area contributed by atoms with Crippen LogP contribution in [0.4, 0.5) is 0 Å². The monoisotopic (exact) mass is 354 g/mol. The van der Waals surface area contributed by atoms with Crippen LogP contribution in [-0.4, -0.2) is 16.6 Å². The maximum absolute atomic E-state index is 5.75. The van der Waals surface area contributed by atoms with Gasteiger partial charge in [0.25, 0.3) is 0 Å². The van der Waals surface area contributed by atoms with Gasteiger partial charge in [-0.1, -0.05) is 83.6 Å². The second-order valence-corrected chi connectivity index (χ2v) is 7.27. The molecule has 26 heavy (non-hydrogen) atoms. The summed E-state index contributed by atoms with van der Waals surface area (Å²) < 4.78 is 5.75. The van der Waals surface area contributed by atoms with Crippen molar-refractivity contribution in [3.8, 4) is 17.1 Å². The largest absolute Gasteiger partial charge is 0.490 e. The average Bonchev–Trinajstić information content (AvgIpc) is 2.68. The van der Waals surface area contributed by atoms with Crippen LogP contribution in [0.1, 0.15) is 71.3 Å². The highest BCUT2D eigenvalue weighted by Crippen LogP contribution is 2.19. The first-order valence-corrected chi connectivity index (χ1v) is 10.3. The molecule has 3 nitrogen and oxygen atoms in total. The summed E-state index contributed by atoms with van der Waals surface area (Å²) in [6.45, 7) is 7.52. The van der Waals surface area contributed by atoms with Crippen molar-refractivity contribution in [1.82, 2.24) is 9.97 Å². The van der Waals surface area contributed by atoms with Crippen LogP contribution in [0.5, 0.6) is 5.75 Å². The van der Waals surface area contributed by atoms with E-state index in [1.165, 1.54) is 44.1 Å². The maximum atomic E-state index is 5.75. The Balaban J connectivity index is 1.78. The quantitative estimate of drug-likeness (QED) is 0.410. The van der Waals surface area contributed by atoms with Crippen molar-refractivity contribution < 1.29 is 4.74 Å². The van der Waals surface area contributed by atoms with E-state index in [2.05, 4.69) is 55.0 Å². The van der Waals surface area contributed by atoms with Gasteiger partial charge in [0.2, 0.25) is 0 Å². The minimum atomic E-state index is 0.722. The van der Waals surface area contributed by atoms with Gasteiger partial charge in [-0.25, -0.2) is 9.97 Å². The Morgan fingerprint density at radius 3 is 2.19 bits per heavy atom. The van der Waals surface area contributed by atoms with Crippen LogP contribution in [0.3, 0.4) is 0 Å². The summed E-state index contributed by atoms with van der Waals surface area (Å²) in [5.74, 6) is 2.24. The van der Waals surface area contributed by atoms with Crippen molar-refractivity contribution >= 4 is 0 Å². The van der Waals surface area contributed by atoms with Crippen molar-refractivity contribution in [3.05, 3.63) is 42.2 Å². The van der Waals surface area contributed by atoms with Gasteiger partial charge in [-0.2, -0.15) is 0 Å². The lowest BCUT2D eigenvalue weighted by atomic mass is 9.98. The molecule has 1 aromatic carbocycles. The molecule has 0 spiro atoms. The molecule has 1 unspecified atom stereocenters. The van der Waals surface area contributed by atoms with Crippen LogP contribution in [0, 0.1) is 5.92 Å². The lowest BCUT2D eigenvalue weighted by molar-refractivity contribution is 0.302. The van der Waals surface area contributed by atoms with E-state index < -0.39 is 0 Å². The van der Waals surface area contributed by atoms with Crippen LogP contribution in [-0.2, 0) is 6.42 Å². The van der Waals surface area contributed by atoms with Gasteiger partial charge < -0.3 is 4.74 Å². The zero-order chi connectivity index (χ0) is 18.6. The molecule has 0 aliphatic rings. The molecule has 1 atom stereocenters. The Hall–Kier alpha value is -1.90. The second kappa shape index (κ2) is 11.7. The Labute approximate surface area is 159 Å². The van der Waals surface area contributed by atoms with Crippen molar-refractivity contribution in [2.24, 2.45) is 5.92 Å². The zero-order valence-corrected chi connectivity index (χ0v) is 16.7. The molecule has 0 amide bonds. The van der Waals surface area contributed by atoms with E-state index in [1.54, 1.807) is 12.4 Å². The lowest BCUT2D eigenvalue weighted by Crippen LogP contribution is -1.99. The molecule has 0 saturated carbocycles. The second-order valence-electron chi connectivity index (χ2n) is 7.27. The van der Waals surface area contributed by atoms with E-state index in [9.17, 15) is 0 Å². The highest BCUT2D eigenvalue weighted by Gasteiger charge is 2.05. The fourth-order valence-corrected chi connectivity index (χ4v) is 2.95. The standard InChI is InChI=1S/C23H34N2O/c1-4-6-7-8-9-10-15-26-22-17-24-23(25-18-22)21-13-11-20(12-14-21)16-19(3)5-2/h11-14,17-19H,4-10,15-16H2,1-3H3. The molecule has 2 aromatic rings. The van der Waals surface area contributed by atoms with Crippen molar-refractivity contribution in [2.45, 2.75) is 72.1 Å². The molecule has 0 aliphatic heterocycles. The Morgan fingerprint density at radius 1 is 0.885 bits per heavy atom. The summed E-state index contributed by atoms with van der Waals surface area (Å²) in [5.41, 5.74) is 2.43. The zero-order valence-electron chi connectivity index (χ0n) is 16.7. The van der Waals surface area contributed by atoms with Crippen LogP contribution >= 0.6 is 0 Å². The molecular weight excluding hydrogens is 320 g/mol. The smallest absolute Gasteiger partial charge is 0.159 e. The summed E-state index contributed by atoms with van der Waals surface area (Å²) >= 11 is 0. The maximum Gasteiger partial charge on any atom is 0.159 e. The molecular formula is C23H34N2O. The van der Waals surface area contributed by atoms with Gasteiger partial charge in [-0.15, -0.1) is 0 Å².